The topological polar surface area (TPSA) is 62.6 Å². The summed E-state index contributed by atoms with van der Waals surface area (Å²) >= 11 is 1.44. The number of carbonyl (C=O) groups excluding carboxylic acids is 1. The van der Waals surface area contributed by atoms with Crippen molar-refractivity contribution in [2.75, 3.05) is 18.2 Å². The minimum Gasteiger partial charge on any atom is -0.467 e. The van der Waals surface area contributed by atoms with Gasteiger partial charge in [0.1, 0.15) is 12.3 Å². The van der Waals surface area contributed by atoms with Crippen molar-refractivity contribution in [3.8, 4) is 11.8 Å². The number of benzene rings is 3. The van der Waals surface area contributed by atoms with Gasteiger partial charge in [0, 0.05) is 16.0 Å². The monoisotopic (exact) mass is 540 g/mol. The lowest BCUT2D eigenvalue weighted by atomic mass is 9.78. The molecule has 0 radical (unpaired) electrons. The number of anilines is 1. The summed E-state index contributed by atoms with van der Waals surface area (Å²) in [4.78, 5) is 16.5. The van der Waals surface area contributed by atoms with Crippen LogP contribution in [0.3, 0.4) is 0 Å². The van der Waals surface area contributed by atoms with Crippen LogP contribution in [0.25, 0.3) is 6.08 Å². The van der Waals surface area contributed by atoms with E-state index in [0.717, 1.165) is 38.6 Å². The molecule has 3 aromatic carbocycles. The van der Waals surface area contributed by atoms with Crippen LogP contribution in [-0.4, -0.2) is 19.2 Å². The van der Waals surface area contributed by atoms with Crippen molar-refractivity contribution in [1.82, 2.24) is 0 Å². The van der Waals surface area contributed by atoms with Gasteiger partial charge in [0.15, 0.2) is 6.79 Å². The summed E-state index contributed by atoms with van der Waals surface area (Å²) in [6.45, 7) is 13.6. The number of amides is 1. The molecule has 5 nitrogen and oxygen atoms in total. The predicted molar refractivity (Wildman–Crippen MR) is 159 cm³/mol. The zero-order chi connectivity index (χ0) is 28.2. The Hall–Kier alpha value is -3.53. The molecule has 1 aliphatic heterocycles. The van der Waals surface area contributed by atoms with Crippen LogP contribution in [0.2, 0.25) is 0 Å². The minimum absolute atomic E-state index is 0.00396. The molecule has 0 unspecified atom stereocenters. The van der Waals surface area contributed by atoms with Crippen molar-refractivity contribution in [3.63, 3.8) is 0 Å². The Balaban J connectivity index is 1.71. The highest BCUT2D eigenvalue weighted by Gasteiger charge is 2.31. The van der Waals surface area contributed by atoms with Gasteiger partial charge in [-0.15, -0.1) is 0 Å². The van der Waals surface area contributed by atoms with Gasteiger partial charge in [0.25, 0.3) is 5.91 Å². The smallest absolute Gasteiger partial charge is 0.266 e. The number of fused-ring (bicyclic) bond motifs is 1. The second-order valence-electron chi connectivity index (χ2n) is 11.7. The quantitative estimate of drug-likeness (QED) is 0.132. The Morgan fingerprint density at radius 3 is 2.15 bits per heavy atom. The van der Waals surface area contributed by atoms with Gasteiger partial charge in [-0.25, -0.2) is 0 Å². The van der Waals surface area contributed by atoms with Crippen molar-refractivity contribution in [2.24, 2.45) is 0 Å². The molecule has 1 amide bonds. The molecule has 0 saturated heterocycles. The zero-order valence-corrected chi connectivity index (χ0v) is 24.4. The van der Waals surface area contributed by atoms with Gasteiger partial charge in [-0.05, 0) is 52.3 Å². The summed E-state index contributed by atoms with van der Waals surface area (Å²) in [6.07, 6.45) is 1.94. The maximum atomic E-state index is 13.4. The van der Waals surface area contributed by atoms with Gasteiger partial charge < -0.3 is 9.47 Å². The van der Waals surface area contributed by atoms with E-state index >= 15 is 0 Å². The summed E-state index contributed by atoms with van der Waals surface area (Å²) in [6, 6.07) is 24.1. The van der Waals surface area contributed by atoms with Crippen molar-refractivity contribution < 1.29 is 14.3 Å². The minimum atomic E-state index is -0.216. The lowest BCUT2D eigenvalue weighted by molar-refractivity contribution is -0.114. The molecule has 3 aromatic rings. The van der Waals surface area contributed by atoms with E-state index in [-0.39, 0.29) is 30.1 Å². The van der Waals surface area contributed by atoms with Crippen molar-refractivity contribution in [2.45, 2.75) is 63.9 Å². The van der Waals surface area contributed by atoms with Crippen LogP contribution in [0.15, 0.2) is 76.5 Å². The number of rotatable bonds is 7. The average Bonchev–Trinajstić information content (AvgIpc) is 2.88. The van der Waals surface area contributed by atoms with Crippen LogP contribution >= 0.6 is 11.8 Å². The molecule has 0 fully saturated rings. The molecule has 1 aliphatic rings. The van der Waals surface area contributed by atoms with E-state index in [4.69, 9.17) is 9.47 Å². The fourth-order valence-electron chi connectivity index (χ4n) is 4.48. The van der Waals surface area contributed by atoms with Gasteiger partial charge >= 0.3 is 0 Å². The first-order valence-corrected chi connectivity index (χ1v) is 13.9. The molecule has 202 valence electrons. The fourth-order valence-corrected chi connectivity index (χ4v) is 5.54. The lowest BCUT2D eigenvalue weighted by Crippen LogP contribution is -2.34. The van der Waals surface area contributed by atoms with Gasteiger partial charge in [-0.1, -0.05) is 95.8 Å². The number of hydrogen-bond acceptors (Lipinski definition) is 5. The highest BCUT2D eigenvalue weighted by molar-refractivity contribution is 8.04. The maximum Gasteiger partial charge on any atom is 0.266 e. The number of ether oxygens (including phenoxy) is 2. The zero-order valence-electron chi connectivity index (χ0n) is 23.6. The molecule has 0 aromatic heterocycles. The van der Waals surface area contributed by atoms with E-state index in [2.05, 4.69) is 59.7 Å². The molecule has 4 rings (SSSR count). The van der Waals surface area contributed by atoms with Crippen molar-refractivity contribution in [3.05, 3.63) is 93.9 Å². The largest absolute Gasteiger partial charge is 0.467 e. The van der Waals surface area contributed by atoms with E-state index in [0.29, 0.717) is 11.5 Å². The molecule has 0 bridgehead atoms. The summed E-state index contributed by atoms with van der Waals surface area (Å²) in [5.41, 5.74) is 4.46. The third-order valence-electron chi connectivity index (χ3n) is 6.48. The first-order valence-electron chi connectivity index (χ1n) is 13.1. The Labute approximate surface area is 236 Å². The second kappa shape index (κ2) is 11.7. The van der Waals surface area contributed by atoms with Gasteiger partial charge in [-0.2, -0.15) is 5.26 Å². The van der Waals surface area contributed by atoms with Gasteiger partial charge in [0.2, 0.25) is 0 Å². The highest BCUT2D eigenvalue weighted by Crippen LogP contribution is 2.44. The molecule has 0 spiro atoms. The molecule has 0 saturated carbocycles. The maximum absolute atomic E-state index is 13.4. The molecule has 0 N–H and O–H groups in total. The van der Waals surface area contributed by atoms with Crippen LogP contribution in [0.4, 0.5) is 5.69 Å². The lowest BCUT2D eigenvalue weighted by Gasteiger charge is -2.31. The van der Waals surface area contributed by atoms with Gasteiger partial charge in [0.05, 0.1) is 23.3 Å². The number of thioether (sulfide) groups is 1. The van der Waals surface area contributed by atoms with E-state index in [1.165, 1.54) is 11.8 Å². The summed E-state index contributed by atoms with van der Waals surface area (Å²) in [5.74, 6) is 0.661. The Morgan fingerprint density at radius 2 is 1.54 bits per heavy atom. The summed E-state index contributed by atoms with van der Waals surface area (Å²) in [7, 11) is 0. The van der Waals surface area contributed by atoms with Crippen LogP contribution in [0.1, 0.15) is 63.8 Å². The number of nitriles is 1. The van der Waals surface area contributed by atoms with Crippen LogP contribution in [0.5, 0.6) is 5.75 Å². The van der Waals surface area contributed by atoms with Crippen molar-refractivity contribution in [1.29, 1.82) is 5.26 Å². The Morgan fingerprint density at radius 1 is 0.923 bits per heavy atom. The third-order valence-corrected chi connectivity index (χ3v) is 7.56. The molecule has 6 heteroatoms. The number of nitrogens with zero attached hydrogens (tertiary/aromatic N) is 2. The van der Waals surface area contributed by atoms with Crippen LogP contribution in [-0.2, 0) is 27.0 Å². The molecule has 0 atom stereocenters. The second-order valence-corrected chi connectivity index (χ2v) is 12.8. The first-order chi connectivity index (χ1) is 18.5. The SMILES string of the molecule is CC(C)(C)c1cc(/C=C2\Sc3ccccc3N(CC#N)C2=O)cc(C(C)(C)C)c1OCOCc1ccccc1. The number of carbonyl (C=O) groups is 1. The van der Waals surface area contributed by atoms with Gasteiger partial charge in [-0.3, -0.25) is 9.69 Å². The molecular formula is C33H36N2O3S. The number of hydrogen-bond donors (Lipinski definition) is 0. The van der Waals surface area contributed by atoms with E-state index < -0.39 is 0 Å². The highest BCUT2D eigenvalue weighted by atomic mass is 32.2. The fraction of sp³-hybridized carbons (Fsp3) is 0.333. The summed E-state index contributed by atoms with van der Waals surface area (Å²) < 4.78 is 12.2. The van der Waals surface area contributed by atoms with Crippen LogP contribution < -0.4 is 9.64 Å². The number of para-hydroxylation sites is 1. The van der Waals surface area contributed by atoms with Crippen LogP contribution in [0, 0.1) is 11.3 Å². The molecular weight excluding hydrogens is 504 g/mol. The predicted octanol–water partition coefficient (Wildman–Crippen LogP) is 7.84. The van der Waals surface area contributed by atoms with E-state index in [9.17, 15) is 10.1 Å². The van der Waals surface area contributed by atoms with E-state index in [1.54, 1.807) is 4.90 Å². The molecule has 0 aliphatic carbocycles. The summed E-state index contributed by atoms with van der Waals surface area (Å²) in [5, 5.41) is 9.38. The Kier molecular flexibility index (Phi) is 8.54. The standard InChI is InChI=1S/C33H36N2O3S/c1-32(2,3)25-18-24(20-29-31(36)35(17-16-34)27-14-10-11-15-28(27)39-29)19-26(33(4,5)6)30(25)38-22-37-21-23-12-8-7-9-13-23/h7-15,18-20H,17,21-22H2,1-6H3/b29-20-. The average molecular weight is 541 g/mol. The molecule has 39 heavy (non-hydrogen) atoms. The van der Waals surface area contributed by atoms with Crippen molar-refractivity contribution >= 4 is 29.4 Å². The van der Waals surface area contributed by atoms with E-state index in [1.807, 2.05) is 60.7 Å². The normalized spacial score (nSPS) is 14.7. The Bertz CT molecular complexity index is 1370. The third kappa shape index (κ3) is 6.73. The molecule has 1 heterocycles. The first kappa shape index (κ1) is 28.5.